The topological polar surface area (TPSA) is 56.7 Å². The molecule has 1 aliphatic carbocycles. The number of carbonyl (C=O) groups is 1. The van der Waals surface area contributed by atoms with Crippen molar-refractivity contribution in [2.24, 2.45) is 16.8 Å². The Morgan fingerprint density at radius 2 is 1.75 bits per heavy atom. The lowest BCUT2D eigenvalue weighted by Gasteiger charge is -2.32. The molecule has 1 saturated carbocycles. The minimum absolute atomic E-state index is 0. The Bertz CT molecular complexity index is 400. The Hall–Kier alpha value is -0.530. The number of guanidine groups is 1. The molecular weight excluding hydrogens is 415 g/mol. The number of hydrogen-bond acceptors (Lipinski definition) is 2. The van der Waals surface area contributed by atoms with Crippen LogP contribution in [-0.2, 0) is 4.79 Å². The predicted molar refractivity (Wildman–Crippen MR) is 111 cm³/mol. The number of halogens is 1. The smallest absolute Gasteiger partial charge is 0.241 e. The van der Waals surface area contributed by atoms with E-state index in [9.17, 15) is 4.79 Å². The van der Waals surface area contributed by atoms with Gasteiger partial charge in [0.05, 0.1) is 6.54 Å². The van der Waals surface area contributed by atoms with Gasteiger partial charge in [-0.3, -0.25) is 9.79 Å². The third-order valence-corrected chi connectivity index (χ3v) is 5.39. The first kappa shape index (κ1) is 21.5. The minimum Gasteiger partial charge on any atom is -0.354 e. The first-order valence-electron chi connectivity index (χ1n) is 9.35. The van der Waals surface area contributed by atoms with Gasteiger partial charge in [0.25, 0.3) is 0 Å². The second-order valence-electron chi connectivity index (χ2n) is 7.37. The molecule has 0 bridgehead atoms. The molecule has 2 aliphatic rings. The molecule has 0 unspecified atom stereocenters. The normalized spacial score (nSPS) is 25.2. The largest absolute Gasteiger partial charge is 0.354 e. The Morgan fingerprint density at radius 3 is 2.29 bits per heavy atom. The lowest BCUT2D eigenvalue weighted by molar-refractivity contribution is -0.130. The summed E-state index contributed by atoms with van der Waals surface area (Å²) in [7, 11) is 1.78. The van der Waals surface area contributed by atoms with E-state index in [1.807, 2.05) is 4.90 Å². The molecule has 0 spiro atoms. The molecule has 140 valence electrons. The van der Waals surface area contributed by atoms with Gasteiger partial charge in [-0.1, -0.05) is 13.8 Å². The van der Waals surface area contributed by atoms with Crippen molar-refractivity contribution in [2.45, 2.75) is 64.8 Å². The zero-order chi connectivity index (χ0) is 16.7. The molecule has 0 aromatic rings. The highest BCUT2D eigenvalue weighted by Crippen LogP contribution is 2.29. The van der Waals surface area contributed by atoms with Crippen molar-refractivity contribution in [1.29, 1.82) is 0 Å². The SMILES string of the molecule is CN=C(NCC(=O)N1CCCCC1)NC1CCC(C(C)C)CC1.I. The van der Waals surface area contributed by atoms with Crippen LogP contribution in [0.2, 0.25) is 0 Å². The standard InChI is InChI=1S/C18H34N4O.HI/c1-14(2)15-7-9-16(10-8-15)21-18(19-3)20-13-17(23)22-11-5-4-6-12-22;/h14-16H,4-13H2,1-3H3,(H2,19,20,21);1H. The number of piperidine rings is 1. The monoisotopic (exact) mass is 450 g/mol. The van der Waals surface area contributed by atoms with Gasteiger partial charge in [-0.25, -0.2) is 0 Å². The molecule has 2 fully saturated rings. The fourth-order valence-corrected chi connectivity index (χ4v) is 3.73. The van der Waals surface area contributed by atoms with Crippen molar-refractivity contribution in [3.05, 3.63) is 0 Å². The molecule has 6 heteroatoms. The summed E-state index contributed by atoms with van der Waals surface area (Å²) < 4.78 is 0. The second kappa shape index (κ2) is 11.2. The molecule has 1 amide bonds. The number of aliphatic imine (C=N–C) groups is 1. The van der Waals surface area contributed by atoms with Gasteiger partial charge in [-0.15, -0.1) is 24.0 Å². The van der Waals surface area contributed by atoms with Crippen LogP contribution in [0.3, 0.4) is 0 Å². The zero-order valence-corrected chi connectivity index (χ0v) is 17.8. The van der Waals surface area contributed by atoms with Gasteiger partial charge in [-0.05, 0) is 56.8 Å². The van der Waals surface area contributed by atoms with Crippen LogP contribution in [0.25, 0.3) is 0 Å². The summed E-state index contributed by atoms with van der Waals surface area (Å²) in [6, 6.07) is 0.487. The van der Waals surface area contributed by atoms with Crippen molar-refractivity contribution in [2.75, 3.05) is 26.7 Å². The summed E-state index contributed by atoms with van der Waals surface area (Å²) in [5.41, 5.74) is 0. The van der Waals surface area contributed by atoms with E-state index in [0.717, 1.165) is 43.7 Å². The summed E-state index contributed by atoms with van der Waals surface area (Å²) >= 11 is 0. The molecule has 1 aliphatic heterocycles. The maximum Gasteiger partial charge on any atom is 0.241 e. The highest BCUT2D eigenvalue weighted by molar-refractivity contribution is 14.0. The van der Waals surface area contributed by atoms with Crippen LogP contribution in [0.1, 0.15) is 58.8 Å². The summed E-state index contributed by atoms with van der Waals surface area (Å²) in [5, 5.41) is 6.69. The highest BCUT2D eigenvalue weighted by Gasteiger charge is 2.24. The number of nitrogens with zero attached hydrogens (tertiary/aromatic N) is 2. The summed E-state index contributed by atoms with van der Waals surface area (Å²) in [5.74, 6) is 2.61. The van der Waals surface area contributed by atoms with Gasteiger partial charge in [0, 0.05) is 26.2 Å². The number of nitrogens with one attached hydrogen (secondary N) is 2. The van der Waals surface area contributed by atoms with Gasteiger partial charge < -0.3 is 15.5 Å². The third-order valence-electron chi connectivity index (χ3n) is 5.39. The van der Waals surface area contributed by atoms with Gasteiger partial charge in [0.15, 0.2) is 5.96 Å². The van der Waals surface area contributed by atoms with E-state index in [-0.39, 0.29) is 29.9 Å². The Kier molecular flexibility index (Phi) is 10.0. The first-order valence-corrected chi connectivity index (χ1v) is 9.35. The van der Waals surface area contributed by atoms with E-state index in [0.29, 0.717) is 12.6 Å². The fourth-order valence-electron chi connectivity index (χ4n) is 3.73. The summed E-state index contributed by atoms with van der Waals surface area (Å²) in [4.78, 5) is 18.5. The molecule has 1 saturated heterocycles. The Balaban J connectivity index is 0.00000288. The van der Waals surface area contributed by atoms with Gasteiger partial charge in [0.1, 0.15) is 0 Å². The fraction of sp³-hybridized carbons (Fsp3) is 0.889. The zero-order valence-electron chi connectivity index (χ0n) is 15.5. The molecular formula is C18H35IN4O. The minimum atomic E-state index is 0. The molecule has 2 N–H and O–H groups in total. The van der Waals surface area contributed by atoms with Crippen LogP contribution in [0.5, 0.6) is 0 Å². The maximum absolute atomic E-state index is 12.2. The number of hydrogen-bond donors (Lipinski definition) is 2. The number of rotatable bonds is 4. The quantitative estimate of drug-likeness (QED) is 0.394. The van der Waals surface area contributed by atoms with E-state index in [2.05, 4.69) is 29.5 Å². The van der Waals surface area contributed by atoms with Crippen molar-refractivity contribution in [1.82, 2.24) is 15.5 Å². The van der Waals surface area contributed by atoms with Crippen LogP contribution >= 0.6 is 24.0 Å². The predicted octanol–water partition coefficient (Wildman–Crippen LogP) is 3.00. The first-order chi connectivity index (χ1) is 11.1. The molecule has 0 aromatic heterocycles. The van der Waals surface area contributed by atoms with Crippen molar-refractivity contribution in [3.8, 4) is 0 Å². The van der Waals surface area contributed by atoms with Crippen molar-refractivity contribution < 1.29 is 4.79 Å². The Morgan fingerprint density at radius 1 is 1.12 bits per heavy atom. The average Bonchev–Trinajstić information content (AvgIpc) is 2.59. The van der Waals surface area contributed by atoms with Gasteiger partial charge >= 0.3 is 0 Å². The maximum atomic E-state index is 12.2. The number of amides is 1. The van der Waals surface area contributed by atoms with Gasteiger partial charge in [0.2, 0.25) is 5.91 Å². The van der Waals surface area contributed by atoms with E-state index in [4.69, 9.17) is 0 Å². The highest BCUT2D eigenvalue weighted by atomic mass is 127. The molecule has 0 aromatic carbocycles. The van der Waals surface area contributed by atoms with Crippen LogP contribution in [0.15, 0.2) is 4.99 Å². The molecule has 0 atom stereocenters. The van der Waals surface area contributed by atoms with Crippen LogP contribution < -0.4 is 10.6 Å². The van der Waals surface area contributed by atoms with E-state index in [1.165, 1.54) is 32.1 Å². The molecule has 1 heterocycles. The van der Waals surface area contributed by atoms with Crippen molar-refractivity contribution >= 4 is 35.8 Å². The lowest BCUT2D eigenvalue weighted by atomic mass is 9.80. The van der Waals surface area contributed by atoms with E-state index >= 15 is 0 Å². The van der Waals surface area contributed by atoms with Crippen LogP contribution in [-0.4, -0.2) is 49.5 Å². The van der Waals surface area contributed by atoms with E-state index in [1.54, 1.807) is 7.05 Å². The summed E-state index contributed by atoms with van der Waals surface area (Å²) in [6.45, 7) is 6.81. The molecule has 24 heavy (non-hydrogen) atoms. The Labute approximate surface area is 164 Å². The summed E-state index contributed by atoms with van der Waals surface area (Å²) in [6.07, 6.45) is 8.50. The van der Waals surface area contributed by atoms with Crippen LogP contribution in [0.4, 0.5) is 0 Å². The third kappa shape index (κ3) is 6.76. The number of carbonyl (C=O) groups excluding carboxylic acids is 1. The molecule has 2 rings (SSSR count). The molecule has 0 radical (unpaired) electrons. The second-order valence-corrected chi connectivity index (χ2v) is 7.37. The lowest BCUT2D eigenvalue weighted by Crippen LogP contribution is -2.49. The van der Waals surface area contributed by atoms with Crippen LogP contribution in [0, 0.1) is 11.8 Å². The van der Waals surface area contributed by atoms with Crippen molar-refractivity contribution in [3.63, 3.8) is 0 Å². The molecule has 5 nitrogen and oxygen atoms in total. The number of likely N-dealkylation sites (tertiary alicyclic amines) is 1. The van der Waals surface area contributed by atoms with E-state index < -0.39 is 0 Å². The average molecular weight is 450 g/mol. The van der Waals surface area contributed by atoms with Gasteiger partial charge in [-0.2, -0.15) is 0 Å².